The van der Waals surface area contributed by atoms with Gasteiger partial charge in [-0.25, -0.2) is 9.59 Å². The second kappa shape index (κ2) is 10.5. The Morgan fingerprint density at radius 3 is 2.46 bits per heavy atom. The number of methoxy groups -OCH3 is 1. The molecule has 1 aliphatic heterocycles. The van der Waals surface area contributed by atoms with E-state index in [0.29, 0.717) is 49.3 Å². The van der Waals surface area contributed by atoms with E-state index in [4.69, 9.17) is 14.2 Å². The molecule has 7 heteroatoms. The van der Waals surface area contributed by atoms with Gasteiger partial charge in [-0.15, -0.1) is 6.58 Å². The summed E-state index contributed by atoms with van der Waals surface area (Å²) in [6.07, 6.45) is 3.25. The fourth-order valence-electron chi connectivity index (χ4n) is 5.20. The van der Waals surface area contributed by atoms with Gasteiger partial charge in [0.1, 0.15) is 12.4 Å². The Morgan fingerprint density at radius 1 is 1.14 bits per heavy atom. The van der Waals surface area contributed by atoms with Gasteiger partial charge in [0.15, 0.2) is 0 Å². The number of rotatable bonds is 8. The van der Waals surface area contributed by atoms with Gasteiger partial charge in [0.25, 0.3) is 0 Å². The van der Waals surface area contributed by atoms with Crippen molar-refractivity contribution in [2.45, 2.75) is 45.3 Å². The summed E-state index contributed by atoms with van der Waals surface area (Å²) < 4.78 is 16.9. The van der Waals surface area contributed by atoms with Crippen LogP contribution in [0.4, 0.5) is 4.79 Å². The number of nitrogens with zero attached hydrogens (tertiary/aromatic N) is 1. The third-order valence-electron chi connectivity index (χ3n) is 6.79. The topological polar surface area (TPSA) is 85.3 Å². The lowest BCUT2D eigenvalue weighted by molar-refractivity contribution is -0.0875. The number of likely N-dealkylation sites (tertiary alicyclic amines) is 1. The summed E-state index contributed by atoms with van der Waals surface area (Å²) in [6.45, 7) is 14.6. The molecule has 0 unspecified atom stereocenters. The van der Waals surface area contributed by atoms with Crippen LogP contribution in [0.2, 0.25) is 0 Å². The van der Waals surface area contributed by atoms with Crippen molar-refractivity contribution < 1.29 is 28.9 Å². The van der Waals surface area contributed by atoms with Gasteiger partial charge < -0.3 is 19.3 Å². The molecule has 0 aliphatic carbocycles. The molecule has 0 spiro atoms. The summed E-state index contributed by atoms with van der Waals surface area (Å²) in [5.41, 5.74) is -0.250. The Morgan fingerprint density at radius 2 is 1.86 bits per heavy atom. The molecule has 2 aromatic carbocycles. The number of carbonyl (C=O) groups is 2. The minimum Gasteiger partial charge on any atom is -0.490 e. The molecule has 0 aromatic heterocycles. The lowest BCUT2D eigenvalue weighted by atomic mass is 9.62. The van der Waals surface area contributed by atoms with Crippen molar-refractivity contribution in [2.75, 3.05) is 26.9 Å². The van der Waals surface area contributed by atoms with Crippen LogP contribution in [0.3, 0.4) is 0 Å². The third kappa shape index (κ3) is 4.91. The Labute approximate surface area is 207 Å². The average Bonchev–Trinajstić information content (AvgIpc) is 2.83. The summed E-state index contributed by atoms with van der Waals surface area (Å²) in [6, 6.07) is 9.04. The van der Waals surface area contributed by atoms with Gasteiger partial charge in [0.05, 0.1) is 30.9 Å². The minimum atomic E-state index is -0.994. The van der Waals surface area contributed by atoms with E-state index < -0.39 is 23.0 Å². The zero-order valence-electron chi connectivity index (χ0n) is 21.0. The van der Waals surface area contributed by atoms with Crippen LogP contribution in [0.25, 0.3) is 10.8 Å². The highest BCUT2D eigenvalue weighted by atomic mass is 16.5. The summed E-state index contributed by atoms with van der Waals surface area (Å²) in [4.78, 5) is 26.8. The van der Waals surface area contributed by atoms with Crippen LogP contribution in [-0.2, 0) is 15.0 Å². The number of fused-ring (bicyclic) bond motifs is 1. The van der Waals surface area contributed by atoms with Crippen LogP contribution in [0.15, 0.2) is 55.6 Å². The summed E-state index contributed by atoms with van der Waals surface area (Å²) in [7, 11) is 1.34. The minimum absolute atomic E-state index is 0.154. The number of esters is 1. The van der Waals surface area contributed by atoms with Crippen LogP contribution >= 0.6 is 0 Å². The Hall–Kier alpha value is -3.32. The molecule has 1 fully saturated rings. The van der Waals surface area contributed by atoms with Crippen LogP contribution in [0, 0.1) is 5.41 Å². The fourth-order valence-corrected chi connectivity index (χ4v) is 5.20. The monoisotopic (exact) mass is 481 g/mol. The molecular formula is C28H35NO6. The number of carboxylic acid groups (broad SMARTS) is 1. The zero-order chi connectivity index (χ0) is 25.8. The quantitative estimate of drug-likeness (QED) is 0.380. The van der Waals surface area contributed by atoms with Crippen LogP contribution < -0.4 is 4.74 Å². The van der Waals surface area contributed by atoms with Crippen molar-refractivity contribution >= 4 is 22.8 Å². The Kier molecular flexibility index (Phi) is 7.90. The van der Waals surface area contributed by atoms with Gasteiger partial charge in [0.2, 0.25) is 0 Å². The summed E-state index contributed by atoms with van der Waals surface area (Å²) in [5.74, 6) is 0.138. The van der Waals surface area contributed by atoms with E-state index in [0.717, 1.165) is 10.9 Å². The third-order valence-corrected chi connectivity index (χ3v) is 6.79. The van der Waals surface area contributed by atoms with Crippen molar-refractivity contribution in [1.29, 1.82) is 0 Å². The predicted octanol–water partition coefficient (Wildman–Crippen LogP) is 5.78. The first-order chi connectivity index (χ1) is 16.6. The molecule has 0 saturated carbocycles. The summed E-state index contributed by atoms with van der Waals surface area (Å²) in [5, 5.41) is 11.7. The highest BCUT2D eigenvalue weighted by Gasteiger charge is 2.54. The summed E-state index contributed by atoms with van der Waals surface area (Å²) >= 11 is 0. The Bertz CT molecular complexity index is 1120. The number of hydrogen-bond acceptors (Lipinski definition) is 5. The van der Waals surface area contributed by atoms with Gasteiger partial charge in [-0.05, 0) is 52.4 Å². The zero-order valence-corrected chi connectivity index (χ0v) is 21.0. The predicted molar refractivity (Wildman–Crippen MR) is 136 cm³/mol. The SMILES string of the molecule is C=CCOc1ccc2c(C(=O)OC)ccc([C@@]3(C(C)(C)C)C[C@@H](OCC=C)CCN3C(=O)O)c2c1. The standard InChI is InChI=1S/C28H35NO6/c1-7-15-34-19-9-10-21-22(25(30)33-6)11-12-24(23(21)17-19)28(27(3,4)5)18-20(35-16-8-2)13-14-29(28)26(31)32/h7-12,17,20H,1-2,13-16,18H2,3-6H3,(H,31,32)/t20-,28+/m0/s1. The first-order valence-corrected chi connectivity index (χ1v) is 11.7. The molecule has 3 rings (SSSR count). The maximum absolute atomic E-state index is 12.6. The second-order valence-electron chi connectivity index (χ2n) is 9.74. The second-order valence-corrected chi connectivity index (χ2v) is 9.74. The number of benzene rings is 2. The van der Waals surface area contributed by atoms with E-state index in [2.05, 4.69) is 13.2 Å². The van der Waals surface area contributed by atoms with E-state index in [1.54, 1.807) is 24.3 Å². The van der Waals surface area contributed by atoms with Crippen molar-refractivity contribution in [3.05, 3.63) is 66.8 Å². The molecule has 1 heterocycles. The van der Waals surface area contributed by atoms with Crippen molar-refractivity contribution in [3.8, 4) is 5.75 Å². The van der Waals surface area contributed by atoms with Crippen molar-refractivity contribution in [1.82, 2.24) is 4.90 Å². The normalized spacial score (nSPS) is 20.3. The van der Waals surface area contributed by atoms with E-state index in [1.165, 1.54) is 12.0 Å². The number of piperidine rings is 1. The molecule has 0 radical (unpaired) electrons. The molecule has 1 aliphatic rings. The Balaban J connectivity index is 2.36. The number of hydrogen-bond donors (Lipinski definition) is 1. The smallest absolute Gasteiger partial charge is 0.408 e. The first kappa shape index (κ1) is 26.3. The molecule has 1 amide bonds. The van der Waals surface area contributed by atoms with Crippen molar-refractivity contribution in [3.63, 3.8) is 0 Å². The number of ether oxygens (including phenoxy) is 3. The highest BCUT2D eigenvalue weighted by molar-refractivity contribution is 6.06. The van der Waals surface area contributed by atoms with Gasteiger partial charge in [0, 0.05) is 13.0 Å². The van der Waals surface area contributed by atoms with E-state index in [1.807, 2.05) is 39.0 Å². The molecule has 7 nitrogen and oxygen atoms in total. The van der Waals surface area contributed by atoms with Gasteiger partial charge in [-0.2, -0.15) is 0 Å². The fraction of sp³-hybridized carbons (Fsp3) is 0.429. The maximum Gasteiger partial charge on any atom is 0.408 e. The first-order valence-electron chi connectivity index (χ1n) is 11.7. The van der Waals surface area contributed by atoms with Gasteiger partial charge in [-0.1, -0.05) is 45.6 Å². The molecule has 0 bridgehead atoms. The molecule has 35 heavy (non-hydrogen) atoms. The van der Waals surface area contributed by atoms with Gasteiger partial charge in [-0.3, -0.25) is 4.90 Å². The molecule has 2 aromatic rings. The lowest BCUT2D eigenvalue weighted by Gasteiger charge is -2.56. The van der Waals surface area contributed by atoms with Crippen LogP contribution in [0.5, 0.6) is 5.75 Å². The highest BCUT2D eigenvalue weighted by Crippen LogP contribution is 2.53. The molecule has 1 saturated heterocycles. The lowest BCUT2D eigenvalue weighted by Crippen LogP contribution is -2.61. The molecule has 188 valence electrons. The molecule has 1 N–H and O–H groups in total. The maximum atomic E-state index is 12.6. The van der Waals surface area contributed by atoms with E-state index >= 15 is 0 Å². The van der Waals surface area contributed by atoms with Crippen molar-refractivity contribution in [2.24, 2.45) is 5.41 Å². The number of amides is 1. The van der Waals surface area contributed by atoms with Gasteiger partial charge >= 0.3 is 12.1 Å². The molecular weight excluding hydrogens is 446 g/mol. The van der Waals surface area contributed by atoms with Crippen LogP contribution in [-0.4, -0.2) is 55.0 Å². The largest absolute Gasteiger partial charge is 0.490 e. The average molecular weight is 482 g/mol. The molecule has 2 atom stereocenters. The van der Waals surface area contributed by atoms with Crippen LogP contribution in [0.1, 0.15) is 49.5 Å². The van der Waals surface area contributed by atoms with E-state index in [9.17, 15) is 14.7 Å². The number of carbonyl (C=O) groups excluding carboxylic acids is 1. The van der Waals surface area contributed by atoms with E-state index in [-0.39, 0.29) is 6.10 Å².